The lowest BCUT2D eigenvalue weighted by Gasteiger charge is -2.40. The first-order valence-corrected chi connectivity index (χ1v) is 17.1. The van der Waals surface area contributed by atoms with Crippen LogP contribution >= 0.6 is 0 Å². The molecule has 0 heterocycles. The summed E-state index contributed by atoms with van der Waals surface area (Å²) >= 11 is 0. The molecule has 14 nitrogen and oxygen atoms in total. The fourth-order valence-electron chi connectivity index (χ4n) is 5.46. The highest BCUT2D eigenvalue weighted by molar-refractivity contribution is 7.90. The zero-order chi connectivity index (χ0) is 37.6. The average Bonchev–Trinajstić information content (AvgIpc) is 3.00. The molecule has 5 N–H and O–H groups in total. The molecule has 4 amide bonds. The second kappa shape index (κ2) is 15.7. The number of nitro groups is 1. The number of hydrogen-bond donors (Lipinski definition) is 4. The number of nitrogens with zero attached hydrogens (tertiary/aromatic N) is 2. The van der Waals surface area contributed by atoms with Crippen LogP contribution < -0.4 is 21.1 Å². The van der Waals surface area contributed by atoms with Gasteiger partial charge in [0.05, 0.1) is 17.0 Å². The smallest absolute Gasteiger partial charge is 0.290 e. The number of rotatable bonds is 14. The van der Waals surface area contributed by atoms with Crippen LogP contribution in [0.25, 0.3) is 0 Å². The number of hydrogen-bond acceptors (Lipinski definition) is 9. The van der Waals surface area contributed by atoms with Gasteiger partial charge in [0, 0.05) is 29.7 Å². The molecule has 15 heteroatoms. The van der Waals surface area contributed by atoms with E-state index in [1.54, 1.807) is 20.9 Å². The molecule has 0 spiro atoms. The van der Waals surface area contributed by atoms with E-state index in [-0.39, 0.29) is 23.0 Å². The van der Waals surface area contributed by atoms with Crippen molar-refractivity contribution >= 4 is 39.3 Å². The van der Waals surface area contributed by atoms with Gasteiger partial charge in [0.15, 0.2) is 4.90 Å². The van der Waals surface area contributed by atoms with Gasteiger partial charge in [-0.05, 0) is 43.0 Å². The average molecular weight is 701 g/mol. The first-order valence-electron chi connectivity index (χ1n) is 15.6. The van der Waals surface area contributed by atoms with Crippen molar-refractivity contribution in [3.63, 3.8) is 0 Å². The molecule has 0 aliphatic rings. The Hall–Kier alpha value is -4.63. The summed E-state index contributed by atoms with van der Waals surface area (Å²) in [5.41, 5.74) is 3.40. The van der Waals surface area contributed by atoms with Crippen molar-refractivity contribution in [1.82, 2.24) is 20.3 Å². The van der Waals surface area contributed by atoms with Crippen LogP contribution in [0.15, 0.2) is 65.1 Å². The molecule has 0 radical (unpaired) electrons. The highest BCUT2D eigenvalue weighted by Gasteiger charge is 2.41. The van der Waals surface area contributed by atoms with Crippen molar-refractivity contribution in [2.45, 2.75) is 83.8 Å². The number of carbonyl (C=O) groups excluding carboxylic acids is 4. The topological polar surface area (TPSA) is 211 Å². The standard InChI is InChI=1S/C34H48N6O8S/c1-20(2)24(18-21(3)30(42)38-49(47,48)26-17-16-22(29(35)41)19-25(26)40(45)46)39(10)32(44)28(33(4,5)6)37-31(43)27(36-9)34(7,8)23-14-12-11-13-15-23/h11-20,24,27-28,36H,1-10H3,(H2,35,41)(H,37,43)(H,38,42)/b21-18+. The largest absolute Gasteiger partial charge is 0.366 e. The minimum Gasteiger partial charge on any atom is -0.366 e. The van der Waals surface area contributed by atoms with E-state index < -0.39 is 72.2 Å². The molecule has 0 aromatic heterocycles. The minimum absolute atomic E-state index is 0.0884. The minimum atomic E-state index is -4.77. The van der Waals surface area contributed by atoms with Crippen molar-refractivity contribution < 1.29 is 32.5 Å². The first kappa shape index (κ1) is 40.5. The molecule has 2 rings (SSSR count). The monoisotopic (exact) mass is 700 g/mol. The molecule has 2 aromatic carbocycles. The molecule has 3 unspecified atom stereocenters. The number of amides is 4. The Morgan fingerprint density at radius 3 is 2.02 bits per heavy atom. The van der Waals surface area contributed by atoms with Crippen LogP contribution in [0.1, 0.15) is 71.3 Å². The number of nitrogens with one attached hydrogen (secondary N) is 3. The maximum atomic E-state index is 14.1. The quantitative estimate of drug-likeness (QED) is 0.129. The summed E-state index contributed by atoms with van der Waals surface area (Å²) in [7, 11) is -1.56. The number of likely N-dealkylation sites (N-methyl/N-ethyl adjacent to an activating group) is 2. The Balaban J connectivity index is 2.39. The third-order valence-corrected chi connectivity index (χ3v) is 9.78. The second-order valence-corrected chi connectivity index (χ2v) is 15.5. The van der Waals surface area contributed by atoms with Crippen LogP contribution in [0.2, 0.25) is 0 Å². The Morgan fingerprint density at radius 2 is 1.55 bits per heavy atom. The lowest BCUT2D eigenvalue weighted by Crippen LogP contribution is -2.61. The maximum absolute atomic E-state index is 14.1. The lowest BCUT2D eigenvalue weighted by molar-refractivity contribution is -0.387. The van der Waals surface area contributed by atoms with Gasteiger partial charge in [-0.3, -0.25) is 29.3 Å². The number of primary amides is 1. The van der Waals surface area contributed by atoms with Crippen molar-refractivity contribution in [2.75, 3.05) is 14.1 Å². The van der Waals surface area contributed by atoms with Crippen molar-refractivity contribution in [3.8, 4) is 0 Å². The summed E-state index contributed by atoms with van der Waals surface area (Å²) in [6.45, 7) is 14.3. The van der Waals surface area contributed by atoms with E-state index in [9.17, 15) is 37.7 Å². The fraction of sp³-hybridized carbons (Fsp3) is 0.471. The zero-order valence-electron chi connectivity index (χ0n) is 29.7. The predicted octanol–water partition coefficient (Wildman–Crippen LogP) is 3.02. The molecular weight excluding hydrogens is 652 g/mol. The Labute approximate surface area is 288 Å². The van der Waals surface area contributed by atoms with E-state index in [1.807, 2.05) is 69.7 Å². The third-order valence-electron chi connectivity index (χ3n) is 8.40. The van der Waals surface area contributed by atoms with Gasteiger partial charge in [-0.1, -0.05) is 84.9 Å². The number of carbonyl (C=O) groups is 4. The Morgan fingerprint density at radius 1 is 0.980 bits per heavy atom. The van der Waals surface area contributed by atoms with Gasteiger partial charge in [0.2, 0.25) is 17.7 Å². The zero-order valence-corrected chi connectivity index (χ0v) is 30.5. The van der Waals surface area contributed by atoms with E-state index in [0.717, 1.165) is 17.7 Å². The summed E-state index contributed by atoms with van der Waals surface area (Å²) in [4.78, 5) is 63.6. The van der Waals surface area contributed by atoms with E-state index in [0.29, 0.717) is 6.07 Å². The van der Waals surface area contributed by atoms with Gasteiger partial charge in [0.1, 0.15) is 6.04 Å². The van der Waals surface area contributed by atoms with Gasteiger partial charge < -0.3 is 21.3 Å². The highest BCUT2D eigenvalue weighted by atomic mass is 32.2. The van der Waals surface area contributed by atoms with Gasteiger partial charge in [-0.15, -0.1) is 0 Å². The van der Waals surface area contributed by atoms with Gasteiger partial charge in [-0.25, -0.2) is 13.1 Å². The van der Waals surface area contributed by atoms with Crippen LogP contribution in [0.4, 0.5) is 5.69 Å². The summed E-state index contributed by atoms with van der Waals surface area (Å²) in [5, 5.41) is 17.6. The van der Waals surface area contributed by atoms with E-state index in [4.69, 9.17) is 5.73 Å². The van der Waals surface area contributed by atoms with E-state index in [2.05, 4.69) is 10.6 Å². The van der Waals surface area contributed by atoms with Crippen LogP contribution in [-0.4, -0.2) is 74.1 Å². The summed E-state index contributed by atoms with van der Waals surface area (Å²) in [6, 6.07) is 9.65. The van der Waals surface area contributed by atoms with Gasteiger partial charge >= 0.3 is 0 Å². The SMILES string of the molecule is CNC(C(=O)NC(C(=O)N(C)C(/C=C(\C)C(=O)NS(=O)(=O)c1ccc(C(N)=O)cc1[N+](=O)[O-])C(C)C)C(C)(C)C)C(C)(C)c1ccccc1. The van der Waals surface area contributed by atoms with Gasteiger partial charge in [-0.2, -0.15) is 0 Å². The highest BCUT2D eigenvalue weighted by Crippen LogP contribution is 2.29. The van der Waals surface area contributed by atoms with Crippen molar-refractivity contribution in [2.24, 2.45) is 17.1 Å². The molecule has 0 aliphatic carbocycles. The number of sulfonamides is 1. The van der Waals surface area contributed by atoms with Crippen LogP contribution in [0.3, 0.4) is 0 Å². The summed E-state index contributed by atoms with van der Waals surface area (Å²) < 4.78 is 28.0. The molecule has 0 bridgehead atoms. The van der Waals surface area contributed by atoms with E-state index in [1.165, 1.54) is 24.9 Å². The van der Waals surface area contributed by atoms with Crippen molar-refractivity contribution in [3.05, 3.63) is 81.4 Å². The molecule has 0 aliphatic heterocycles. The molecule has 3 atom stereocenters. The number of nitrogens with two attached hydrogens (primary N) is 1. The maximum Gasteiger partial charge on any atom is 0.290 e. The second-order valence-electron chi connectivity index (χ2n) is 13.9. The molecule has 49 heavy (non-hydrogen) atoms. The molecule has 268 valence electrons. The first-order chi connectivity index (χ1) is 22.5. The number of benzene rings is 2. The summed E-state index contributed by atoms with van der Waals surface area (Å²) in [6.07, 6.45) is 1.43. The molecule has 0 fully saturated rings. The Bertz CT molecular complexity index is 1720. The number of nitro benzene ring substituents is 1. The third kappa shape index (κ3) is 9.72. The van der Waals surface area contributed by atoms with Crippen LogP contribution in [0, 0.1) is 21.4 Å². The normalized spacial score (nSPS) is 14.4. The molecule has 0 saturated carbocycles. The van der Waals surface area contributed by atoms with Crippen LogP contribution in [0.5, 0.6) is 0 Å². The van der Waals surface area contributed by atoms with E-state index >= 15 is 0 Å². The molecular formula is C34H48N6O8S. The van der Waals surface area contributed by atoms with Gasteiger partial charge in [0.25, 0.3) is 21.6 Å². The molecule has 2 aromatic rings. The predicted molar refractivity (Wildman–Crippen MR) is 186 cm³/mol. The Kier molecular flexibility index (Phi) is 13.0. The van der Waals surface area contributed by atoms with Crippen LogP contribution in [-0.2, 0) is 29.8 Å². The summed E-state index contributed by atoms with van der Waals surface area (Å²) in [5.74, 6) is -3.17. The van der Waals surface area contributed by atoms with Crippen molar-refractivity contribution in [1.29, 1.82) is 0 Å². The molecule has 0 saturated heterocycles. The fourth-order valence-corrected chi connectivity index (χ4v) is 6.63. The lowest BCUT2D eigenvalue weighted by atomic mass is 9.76.